The molecule has 0 saturated heterocycles. The summed E-state index contributed by atoms with van der Waals surface area (Å²) in [4.78, 5) is 26.1. The number of rotatable bonds is 3. The lowest BCUT2D eigenvalue weighted by atomic mass is 9.95. The van der Waals surface area contributed by atoms with Crippen LogP contribution in [0, 0.1) is 6.92 Å². The van der Waals surface area contributed by atoms with Crippen molar-refractivity contribution in [3.8, 4) is 11.1 Å². The number of nitrogens with zero attached hydrogens (tertiary/aromatic N) is 1. The number of carbonyl (C=O) groups is 2. The van der Waals surface area contributed by atoms with E-state index in [1.54, 1.807) is 4.90 Å². The molecule has 1 aliphatic rings. The van der Waals surface area contributed by atoms with Gasteiger partial charge in [0.2, 0.25) is 5.91 Å². The predicted molar refractivity (Wildman–Crippen MR) is 103 cm³/mol. The van der Waals surface area contributed by atoms with E-state index in [0.29, 0.717) is 12.8 Å². The molecule has 0 N–H and O–H groups in total. The lowest BCUT2D eigenvalue weighted by molar-refractivity contribution is -0.153. The fourth-order valence-electron chi connectivity index (χ4n) is 3.16. The van der Waals surface area contributed by atoms with Gasteiger partial charge >= 0.3 is 5.97 Å². The van der Waals surface area contributed by atoms with Gasteiger partial charge in [-0.3, -0.25) is 9.59 Å². The number of hydrogen-bond donors (Lipinski definition) is 0. The van der Waals surface area contributed by atoms with Crippen LogP contribution in [0.2, 0.25) is 0 Å². The second-order valence-electron chi connectivity index (χ2n) is 7.78. The van der Waals surface area contributed by atoms with E-state index in [1.165, 1.54) is 5.56 Å². The van der Waals surface area contributed by atoms with Crippen LogP contribution < -0.4 is 4.90 Å². The van der Waals surface area contributed by atoms with Crippen molar-refractivity contribution in [3.05, 3.63) is 53.6 Å². The molecule has 4 nitrogen and oxygen atoms in total. The number of ether oxygens (including phenoxy) is 1. The van der Waals surface area contributed by atoms with E-state index in [2.05, 4.69) is 37.3 Å². The normalized spacial score (nSPS) is 14.2. The molecule has 2 aromatic rings. The minimum atomic E-state index is -0.561. The highest BCUT2D eigenvalue weighted by Gasteiger charge is 2.28. The molecule has 0 saturated carbocycles. The topological polar surface area (TPSA) is 46.6 Å². The molecule has 0 atom stereocenters. The molecule has 0 bridgehead atoms. The molecule has 1 amide bonds. The summed E-state index contributed by atoms with van der Waals surface area (Å²) in [6.45, 7) is 7.49. The molecule has 0 spiro atoms. The van der Waals surface area contributed by atoms with Gasteiger partial charge in [-0.25, -0.2) is 0 Å². The third-order valence-corrected chi connectivity index (χ3v) is 4.37. The first-order valence-electron chi connectivity index (χ1n) is 8.95. The molecule has 1 heterocycles. The van der Waals surface area contributed by atoms with Crippen molar-refractivity contribution in [2.24, 2.45) is 0 Å². The van der Waals surface area contributed by atoms with Crippen molar-refractivity contribution in [1.82, 2.24) is 0 Å². The highest BCUT2D eigenvalue weighted by atomic mass is 16.6. The van der Waals surface area contributed by atoms with E-state index in [0.717, 1.165) is 22.4 Å². The number of aryl methyl sites for hydroxylation is 2. The Hall–Kier alpha value is -2.62. The highest BCUT2D eigenvalue weighted by Crippen LogP contribution is 2.32. The fourth-order valence-corrected chi connectivity index (χ4v) is 3.16. The summed E-state index contributed by atoms with van der Waals surface area (Å²) in [5.74, 6) is -0.423. The Bertz CT molecular complexity index is 831. The van der Waals surface area contributed by atoms with E-state index >= 15 is 0 Å². The van der Waals surface area contributed by atoms with Crippen molar-refractivity contribution in [2.75, 3.05) is 11.4 Å². The van der Waals surface area contributed by atoms with E-state index in [1.807, 2.05) is 32.9 Å². The number of anilines is 1. The first-order chi connectivity index (χ1) is 12.2. The molecule has 136 valence electrons. The maximum atomic E-state index is 12.4. The Morgan fingerprint density at radius 1 is 1.04 bits per heavy atom. The van der Waals surface area contributed by atoms with Crippen LogP contribution in [0.1, 0.15) is 38.3 Å². The first kappa shape index (κ1) is 18.2. The standard InChI is InChI=1S/C22H25NO3/c1-15-5-7-16(8-6-15)17-9-11-19-18(13-17)10-12-20(24)23(19)14-21(25)26-22(2,3)4/h5-9,11,13H,10,12,14H2,1-4H3. The molecule has 0 aromatic heterocycles. The highest BCUT2D eigenvalue weighted by molar-refractivity contribution is 6.00. The summed E-state index contributed by atoms with van der Waals surface area (Å²) in [6, 6.07) is 14.4. The Morgan fingerprint density at radius 2 is 1.69 bits per heavy atom. The lowest BCUT2D eigenvalue weighted by Gasteiger charge is -2.30. The Kier molecular flexibility index (Phi) is 4.86. The molecule has 0 fully saturated rings. The Balaban J connectivity index is 1.86. The van der Waals surface area contributed by atoms with E-state index in [9.17, 15) is 9.59 Å². The number of amides is 1. The monoisotopic (exact) mass is 351 g/mol. The van der Waals surface area contributed by atoms with Crippen molar-refractivity contribution in [1.29, 1.82) is 0 Å². The number of hydrogen-bond acceptors (Lipinski definition) is 3. The van der Waals surface area contributed by atoms with Gasteiger partial charge in [-0.05, 0) is 62.9 Å². The van der Waals surface area contributed by atoms with Gasteiger partial charge in [-0.1, -0.05) is 35.9 Å². The Morgan fingerprint density at radius 3 is 2.35 bits per heavy atom. The van der Waals surface area contributed by atoms with Crippen LogP contribution in [0.4, 0.5) is 5.69 Å². The largest absolute Gasteiger partial charge is 0.459 e. The Labute approximate surface area is 154 Å². The summed E-state index contributed by atoms with van der Waals surface area (Å²) >= 11 is 0. The van der Waals surface area contributed by atoms with Crippen molar-refractivity contribution < 1.29 is 14.3 Å². The minimum absolute atomic E-state index is 0.0357. The number of carbonyl (C=O) groups excluding carboxylic acids is 2. The van der Waals surface area contributed by atoms with Gasteiger partial charge in [0.1, 0.15) is 12.1 Å². The van der Waals surface area contributed by atoms with Gasteiger partial charge in [-0.2, -0.15) is 0 Å². The van der Waals surface area contributed by atoms with Crippen LogP contribution in [-0.4, -0.2) is 24.0 Å². The number of esters is 1. The summed E-state index contributed by atoms with van der Waals surface area (Å²) in [5.41, 5.74) is 4.83. The third-order valence-electron chi connectivity index (χ3n) is 4.37. The van der Waals surface area contributed by atoms with Crippen LogP contribution in [0.5, 0.6) is 0 Å². The summed E-state index contributed by atoms with van der Waals surface area (Å²) in [7, 11) is 0. The van der Waals surface area contributed by atoms with E-state index < -0.39 is 5.60 Å². The van der Waals surface area contributed by atoms with Gasteiger partial charge < -0.3 is 9.64 Å². The lowest BCUT2D eigenvalue weighted by Crippen LogP contribution is -2.41. The first-order valence-corrected chi connectivity index (χ1v) is 8.95. The predicted octanol–water partition coefficient (Wildman–Crippen LogP) is 4.28. The molecular formula is C22H25NO3. The van der Waals surface area contributed by atoms with E-state index in [4.69, 9.17) is 4.74 Å². The van der Waals surface area contributed by atoms with E-state index in [-0.39, 0.29) is 18.4 Å². The fraction of sp³-hybridized carbons (Fsp3) is 0.364. The molecule has 0 radical (unpaired) electrons. The number of fused-ring (bicyclic) bond motifs is 1. The van der Waals surface area contributed by atoms with Gasteiger partial charge in [-0.15, -0.1) is 0 Å². The molecular weight excluding hydrogens is 326 g/mol. The molecule has 0 unspecified atom stereocenters. The van der Waals surface area contributed by atoms with Crippen molar-refractivity contribution >= 4 is 17.6 Å². The zero-order valence-corrected chi connectivity index (χ0v) is 15.8. The van der Waals surface area contributed by atoms with Crippen LogP contribution in [0.15, 0.2) is 42.5 Å². The average molecular weight is 351 g/mol. The van der Waals surface area contributed by atoms with Crippen LogP contribution in [-0.2, 0) is 20.7 Å². The summed E-state index contributed by atoms with van der Waals surface area (Å²) in [5, 5.41) is 0. The van der Waals surface area contributed by atoms with Gasteiger partial charge in [0.05, 0.1) is 0 Å². The maximum Gasteiger partial charge on any atom is 0.326 e. The summed E-state index contributed by atoms with van der Waals surface area (Å²) in [6.07, 6.45) is 1.10. The smallest absolute Gasteiger partial charge is 0.326 e. The minimum Gasteiger partial charge on any atom is -0.459 e. The van der Waals surface area contributed by atoms with Crippen molar-refractivity contribution in [3.63, 3.8) is 0 Å². The molecule has 26 heavy (non-hydrogen) atoms. The quantitative estimate of drug-likeness (QED) is 0.775. The summed E-state index contributed by atoms with van der Waals surface area (Å²) < 4.78 is 5.38. The molecule has 3 rings (SSSR count). The van der Waals surface area contributed by atoms with Gasteiger partial charge in [0.25, 0.3) is 0 Å². The second-order valence-corrected chi connectivity index (χ2v) is 7.78. The molecule has 0 aliphatic carbocycles. The average Bonchev–Trinajstić information content (AvgIpc) is 2.56. The maximum absolute atomic E-state index is 12.4. The van der Waals surface area contributed by atoms with Crippen LogP contribution >= 0.6 is 0 Å². The molecule has 2 aromatic carbocycles. The third kappa shape index (κ3) is 4.13. The SMILES string of the molecule is Cc1ccc(-c2ccc3c(c2)CCC(=O)N3CC(=O)OC(C)(C)C)cc1. The molecule has 4 heteroatoms. The number of benzene rings is 2. The zero-order valence-electron chi connectivity index (χ0n) is 15.8. The van der Waals surface area contributed by atoms with Crippen LogP contribution in [0.25, 0.3) is 11.1 Å². The zero-order chi connectivity index (χ0) is 18.9. The molecule has 1 aliphatic heterocycles. The van der Waals surface area contributed by atoms with Crippen molar-refractivity contribution in [2.45, 2.75) is 46.1 Å². The van der Waals surface area contributed by atoms with Crippen LogP contribution in [0.3, 0.4) is 0 Å². The van der Waals surface area contributed by atoms with Gasteiger partial charge in [0.15, 0.2) is 0 Å². The van der Waals surface area contributed by atoms with Gasteiger partial charge in [0, 0.05) is 12.1 Å². The second kappa shape index (κ2) is 6.94.